The number of aliphatic imine (C=N–C) groups is 1. The second-order valence-corrected chi connectivity index (χ2v) is 8.73. The molecular weight excluding hydrogens is 496 g/mol. The SMILES string of the molecule is C=C(Cl)/C(COc1ccc(N)c(C(=N)c2cnc(OCC(C)(C)O)c(C#N)c2)c1)=C(Cl)\C=N/CF. The van der Waals surface area contributed by atoms with Crippen LogP contribution in [0.2, 0.25) is 0 Å². The third-order valence-corrected chi connectivity index (χ3v) is 4.94. The van der Waals surface area contributed by atoms with E-state index in [0.29, 0.717) is 28.1 Å². The smallest absolute Gasteiger partial charge is 0.231 e. The lowest BCUT2D eigenvalue weighted by Gasteiger charge is -2.18. The Bertz CT molecular complexity index is 1220. The molecule has 2 rings (SSSR count). The van der Waals surface area contributed by atoms with Gasteiger partial charge in [0.15, 0.2) is 6.80 Å². The van der Waals surface area contributed by atoms with Gasteiger partial charge in [-0.2, -0.15) is 5.26 Å². The number of nitrogens with two attached hydrogens (primary N) is 1. The summed E-state index contributed by atoms with van der Waals surface area (Å²) < 4.78 is 23.4. The highest BCUT2D eigenvalue weighted by atomic mass is 35.5. The van der Waals surface area contributed by atoms with Gasteiger partial charge in [-0.1, -0.05) is 29.8 Å². The van der Waals surface area contributed by atoms with Crippen molar-refractivity contribution in [1.82, 2.24) is 4.98 Å². The molecule has 0 spiro atoms. The van der Waals surface area contributed by atoms with Crippen LogP contribution in [-0.4, -0.2) is 47.6 Å². The molecule has 1 heterocycles. The van der Waals surface area contributed by atoms with E-state index in [1.54, 1.807) is 32.0 Å². The summed E-state index contributed by atoms with van der Waals surface area (Å²) in [6, 6.07) is 8.12. The summed E-state index contributed by atoms with van der Waals surface area (Å²) >= 11 is 12.1. The van der Waals surface area contributed by atoms with Gasteiger partial charge in [0, 0.05) is 39.8 Å². The molecule has 2 aromatic rings. The second kappa shape index (κ2) is 12.3. The van der Waals surface area contributed by atoms with E-state index in [2.05, 4.69) is 16.6 Å². The second-order valence-electron chi connectivity index (χ2n) is 7.86. The third kappa shape index (κ3) is 8.07. The average molecular weight is 520 g/mol. The summed E-state index contributed by atoms with van der Waals surface area (Å²) in [6.07, 6.45) is 2.49. The molecule has 0 radical (unpaired) electrons. The number of ether oxygens (including phenoxy) is 2. The Labute approximate surface area is 212 Å². The Morgan fingerprint density at radius 1 is 1.37 bits per heavy atom. The number of nitrogens with zero attached hydrogens (tertiary/aromatic N) is 3. The van der Waals surface area contributed by atoms with Crippen molar-refractivity contribution in [1.29, 1.82) is 10.7 Å². The van der Waals surface area contributed by atoms with Crippen molar-refractivity contribution < 1.29 is 19.0 Å². The van der Waals surface area contributed by atoms with Crippen LogP contribution in [0.5, 0.6) is 11.6 Å². The maximum absolute atomic E-state index is 12.3. The van der Waals surface area contributed by atoms with E-state index in [4.69, 9.17) is 43.8 Å². The average Bonchev–Trinajstić information content (AvgIpc) is 2.81. The molecule has 8 nitrogen and oxygen atoms in total. The number of aliphatic hydroxyl groups is 1. The number of hydrogen-bond donors (Lipinski definition) is 3. The Kier molecular flexibility index (Phi) is 9.78. The number of aromatic nitrogens is 1. The number of nitrogens with one attached hydrogen (secondary N) is 1. The molecule has 0 aliphatic rings. The molecule has 0 fully saturated rings. The molecule has 35 heavy (non-hydrogen) atoms. The number of nitriles is 1. The Morgan fingerprint density at radius 2 is 2.09 bits per heavy atom. The van der Waals surface area contributed by atoms with Crippen molar-refractivity contribution in [2.24, 2.45) is 4.99 Å². The predicted molar refractivity (Wildman–Crippen MR) is 135 cm³/mol. The highest BCUT2D eigenvalue weighted by molar-refractivity contribution is 6.42. The number of benzene rings is 1. The minimum absolute atomic E-state index is 0.00313. The molecule has 4 N–H and O–H groups in total. The first-order valence-corrected chi connectivity index (χ1v) is 10.9. The molecule has 0 saturated heterocycles. The van der Waals surface area contributed by atoms with Gasteiger partial charge in [-0.15, -0.1) is 0 Å². The molecular formula is C24H24Cl2FN5O3. The topological polar surface area (TPSA) is 138 Å². The van der Waals surface area contributed by atoms with Crippen LogP contribution in [0.3, 0.4) is 0 Å². The summed E-state index contributed by atoms with van der Waals surface area (Å²) in [5.41, 5.74) is 6.33. The van der Waals surface area contributed by atoms with E-state index < -0.39 is 12.4 Å². The number of nitrogen functional groups attached to an aromatic ring is 1. The maximum Gasteiger partial charge on any atom is 0.231 e. The molecule has 0 aliphatic heterocycles. The maximum atomic E-state index is 12.3. The van der Waals surface area contributed by atoms with Crippen LogP contribution in [0.25, 0.3) is 0 Å². The van der Waals surface area contributed by atoms with Crippen molar-refractivity contribution in [3.05, 3.63) is 69.4 Å². The Morgan fingerprint density at radius 3 is 2.69 bits per heavy atom. The minimum atomic E-state index is -1.11. The Hall–Kier alpha value is -3.45. The van der Waals surface area contributed by atoms with E-state index >= 15 is 0 Å². The first-order chi connectivity index (χ1) is 16.5. The van der Waals surface area contributed by atoms with E-state index in [0.717, 1.165) is 6.21 Å². The van der Waals surface area contributed by atoms with Crippen molar-refractivity contribution in [2.75, 3.05) is 25.7 Å². The molecule has 1 aromatic carbocycles. The zero-order valence-corrected chi connectivity index (χ0v) is 20.6. The number of anilines is 1. The number of rotatable bonds is 11. The number of allylic oxidation sites excluding steroid dienone is 1. The predicted octanol–water partition coefficient (Wildman–Crippen LogP) is 4.72. The molecule has 0 amide bonds. The molecule has 1 aromatic heterocycles. The lowest BCUT2D eigenvalue weighted by molar-refractivity contribution is 0.0267. The quantitative estimate of drug-likeness (QED) is 0.170. The fraction of sp³-hybridized carbons (Fsp3) is 0.250. The van der Waals surface area contributed by atoms with Gasteiger partial charge in [0.1, 0.15) is 30.6 Å². The van der Waals surface area contributed by atoms with Crippen molar-refractivity contribution in [2.45, 2.75) is 19.4 Å². The number of pyridine rings is 1. The first-order valence-electron chi connectivity index (χ1n) is 10.1. The molecule has 0 saturated carbocycles. The van der Waals surface area contributed by atoms with E-state index in [1.165, 1.54) is 12.3 Å². The summed E-state index contributed by atoms with van der Waals surface area (Å²) in [6.45, 7) is 5.66. The fourth-order valence-electron chi connectivity index (χ4n) is 2.65. The van der Waals surface area contributed by atoms with Crippen LogP contribution < -0.4 is 15.2 Å². The highest BCUT2D eigenvalue weighted by Gasteiger charge is 2.18. The van der Waals surface area contributed by atoms with Crippen molar-refractivity contribution in [3.8, 4) is 17.7 Å². The number of alkyl halides is 1. The molecule has 0 atom stereocenters. The molecule has 0 unspecified atom stereocenters. The minimum Gasteiger partial charge on any atom is -0.489 e. The van der Waals surface area contributed by atoms with Gasteiger partial charge in [0.25, 0.3) is 0 Å². The van der Waals surface area contributed by atoms with Gasteiger partial charge < -0.3 is 20.3 Å². The van der Waals surface area contributed by atoms with Crippen LogP contribution in [0, 0.1) is 16.7 Å². The van der Waals surface area contributed by atoms with E-state index in [1.807, 2.05) is 6.07 Å². The lowest BCUT2D eigenvalue weighted by Crippen LogP contribution is -2.28. The van der Waals surface area contributed by atoms with Gasteiger partial charge in [0.05, 0.1) is 16.3 Å². The molecule has 11 heteroatoms. The largest absolute Gasteiger partial charge is 0.489 e. The van der Waals surface area contributed by atoms with Gasteiger partial charge in [0.2, 0.25) is 5.88 Å². The number of hydrogen-bond acceptors (Lipinski definition) is 8. The normalized spacial score (nSPS) is 12.1. The van der Waals surface area contributed by atoms with Gasteiger partial charge in [-0.25, -0.2) is 9.37 Å². The monoisotopic (exact) mass is 519 g/mol. The van der Waals surface area contributed by atoms with Gasteiger partial charge >= 0.3 is 0 Å². The van der Waals surface area contributed by atoms with Crippen LogP contribution in [0.1, 0.15) is 30.5 Å². The summed E-state index contributed by atoms with van der Waals surface area (Å²) in [7, 11) is 0. The summed E-state index contributed by atoms with van der Waals surface area (Å²) in [5.74, 6) is 0.393. The fourth-order valence-corrected chi connectivity index (χ4v) is 3.09. The lowest BCUT2D eigenvalue weighted by atomic mass is 10.0. The van der Waals surface area contributed by atoms with Crippen LogP contribution in [0.15, 0.2) is 57.7 Å². The van der Waals surface area contributed by atoms with Crippen molar-refractivity contribution >= 4 is 40.8 Å². The summed E-state index contributed by atoms with van der Waals surface area (Å²) in [5, 5.41) is 28.1. The van der Waals surface area contributed by atoms with E-state index in [9.17, 15) is 14.8 Å². The van der Waals surface area contributed by atoms with Crippen LogP contribution >= 0.6 is 23.2 Å². The zero-order chi connectivity index (χ0) is 26.2. The van der Waals surface area contributed by atoms with Gasteiger partial charge in [-0.05, 0) is 38.1 Å². The van der Waals surface area contributed by atoms with Crippen LogP contribution in [-0.2, 0) is 0 Å². The highest BCUT2D eigenvalue weighted by Crippen LogP contribution is 2.26. The molecule has 0 aliphatic carbocycles. The standard InChI is InChI=1S/C24H24Cl2FN5O3/c1-14(25)19(20(26)10-31-13-27)11-34-17-4-5-21(29)18(7-17)22(30)16-6-15(8-28)23(32-9-16)35-12-24(2,3)33/h4-7,9-10,30,33H,1,11-13,29H2,2-3H3/b20-19+,30-22?,31-10-. The van der Waals surface area contributed by atoms with Crippen molar-refractivity contribution in [3.63, 3.8) is 0 Å². The molecule has 0 bridgehead atoms. The molecule has 184 valence electrons. The third-order valence-electron chi connectivity index (χ3n) is 4.39. The number of halogens is 3. The van der Waals surface area contributed by atoms with Gasteiger partial charge in [-0.3, -0.25) is 10.4 Å². The first kappa shape index (κ1) is 27.8. The van der Waals surface area contributed by atoms with Crippen LogP contribution in [0.4, 0.5) is 10.1 Å². The Balaban J connectivity index is 2.29. The summed E-state index contributed by atoms with van der Waals surface area (Å²) in [4.78, 5) is 7.55. The van der Waals surface area contributed by atoms with E-state index in [-0.39, 0.29) is 40.4 Å². The zero-order valence-electron chi connectivity index (χ0n) is 19.1.